The van der Waals surface area contributed by atoms with E-state index in [9.17, 15) is 9.18 Å². The first-order valence-corrected chi connectivity index (χ1v) is 9.74. The lowest BCUT2D eigenvalue weighted by atomic mass is 9.95. The van der Waals surface area contributed by atoms with E-state index in [1.807, 2.05) is 13.8 Å². The van der Waals surface area contributed by atoms with Crippen molar-refractivity contribution in [1.82, 2.24) is 19.9 Å². The summed E-state index contributed by atoms with van der Waals surface area (Å²) in [5.74, 6) is 0.0694. The summed E-state index contributed by atoms with van der Waals surface area (Å²) in [5.41, 5.74) is 0.238. The van der Waals surface area contributed by atoms with Gasteiger partial charge in [0.25, 0.3) is 0 Å². The fraction of sp³-hybridized carbons (Fsp3) is 0.550. The highest BCUT2D eigenvalue weighted by Gasteiger charge is 2.48. The van der Waals surface area contributed by atoms with E-state index >= 15 is 0 Å². The molecule has 2 amide bonds. The van der Waals surface area contributed by atoms with Crippen molar-refractivity contribution < 1.29 is 18.7 Å². The van der Waals surface area contributed by atoms with Crippen molar-refractivity contribution in [3.63, 3.8) is 0 Å². The molecule has 2 aliphatic rings. The normalized spacial score (nSPS) is 23.5. The number of benzene rings is 1. The maximum atomic E-state index is 13.9. The summed E-state index contributed by atoms with van der Waals surface area (Å²) in [6, 6.07) is 6.27. The van der Waals surface area contributed by atoms with E-state index in [1.54, 1.807) is 34.7 Å². The Kier molecular flexibility index (Phi) is 5.04. The smallest absolute Gasteiger partial charge is 0.323 e. The third-order valence-electron chi connectivity index (χ3n) is 5.38. The monoisotopic (exact) mass is 403 g/mol. The molecule has 2 saturated heterocycles. The van der Waals surface area contributed by atoms with Crippen LogP contribution in [-0.2, 0) is 16.0 Å². The van der Waals surface area contributed by atoms with Crippen molar-refractivity contribution in [2.45, 2.75) is 44.9 Å². The molecule has 8 nitrogen and oxygen atoms in total. The number of carbonyl (C=O) groups is 1. The molecule has 1 spiro atoms. The fourth-order valence-electron chi connectivity index (χ4n) is 4.05. The van der Waals surface area contributed by atoms with Gasteiger partial charge >= 0.3 is 6.03 Å². The molecule has 0 radical (unpaired) electrons. The number of aromatic nitrogens is 3. The fourth-order valence-corrected chi connectivity index (χ4v) is 4.05. The van der Waals surface area contributed by atoms with E-state index in [2.05, 4.69) is 15.6 Å². The van der Waals surface area contributed by atoms with E-state index in [1.165, 1.54) is 6.07 Å². The molecule has 2 aromatic rings. The van der Waals surface area contributed by atoms with Crippen molar-refractivity contribution in [2.24, 2.45) is 0 Å². The minimum atomic E-state index is -0.471. The zero-order chi connectivity index (χ0) is 20.6. The first-order chi connectivity index (χ1) is 13.8. The zero-order valence-electron chi connectivity index (χ0n) is 16.9. The summed E-state index contributed by atoms with van der Waals surface area (Å²) < 4.78 is 27.3. The van der Waals surface area contributed by atoms with E-state index in [0.717, 1.165) is 6.42 Å². The number of anilines is 1. The van der Waals surface area contributed by atoms with E-state index in [4.69, 9.17) is 9.47 Å². The first kappa shape index (κ1) is 19.8. The summed E-state index contributed by atoms with van der Waals surface area (Å²) in [4.78, 5) is 14.7. The third kappa shape index (κ3) is 4.11. The number of halogens is 1. The lowest BCUT2D eigenvalue weighted by molar-refractivity contribution is -0.185. The first-order valence-electron chi connectivity index (χ1n) is 9.74. The SMILES string of the molecule is Cc1c(NC(=O)N2CC(C)(C)OC3(CCOC3)C2)nnn1Cc1ccccc1F. The minimum Gasteiger partial charge on any atom is -0.378 e. The van der Waals surface area contributed by atoms with Gasteiger partial charge in [0.2, 0.25) is 0 Å². The summed E-state index contributed by atoms with van der Waals surface area (Å²) in [5, 5.41) is 11.0. The molecule has 2 fully saturated rings. The Morgan fingerprint density at radius 1 is 1.31 bits per heavy atom. The number of rotatable bonds is 3. The highest BCUT2D eigenvalue weighted by molar-refractivity contribution is 5.89. The maximum Gasteiger partial charge on any atom is 0.323 e. The second-order valence-electron chi connectivity index (χ2n) is 8.41. The van der Waals surface area contributed by atoms with Crippen LogP contribution in [0.3, 0.4) is 0 Å². The van der Waals surface area contributed by atoms with Crippen LogP contribution in [0, 0.1) is 12.7 Å². The van der Waals surface area contributed by atoms with Gasteiger partial charge < -0.3 is 14.4 Å². The van der Waals surface area contributed by atoms with Crippen molar-refractivity contribution in [3.8, 4) is 0 Å². The number of nitrogens with zero attached hydrogens (tertiary/aromatic N) is 4. The number of nitrogens with one attached hydrogen (secondary N) is 1. The van der Waals surface area contributed by atoms with Crippen LogP contribution in [0.1, 0.15) is 31.5 Å². The molecule has 1 atom stereocenters. The number of hydrogen-bond acceptors (Lipinski definition) is 5. The Balaban J connectivity index is 1.47. The van der Waals surface area contributed by atoms with Crippen LogP contribution in [0.4, 0.5) is 15.0 Å². The summed E-state index contributed by atoms with van der Waals surface area (Å²) in [6.45, 7) is 8.03. The molecular formula is C20H26FN5O3. The van der Waals surface area contributed by atoms with E-state index < -0.39 is 11.2 Å². The van der Waals surface area contributed by atoms with Crippen LogP contribution in [0.2, 0.25) is 0 Å². The van der Waals surface area contributed by atoms with Crippen LogP contribution in [0.25, 0.3) is 0 Å². The standard InChI is InChI=1S/C20H26FN5O3/c1-14-17(23-24-26(14)10-15-6-4-5-7-16(15)21)22-18(27)25-11-19(2,3)29-20(12-25)8-9-28-13-20/h4-7H,8-13H2,1-3H3,(H,22,27). The molecule has 1 aromatic carbocycles. The van der Waals surface area contributed by atoms with Gasteiger partial charge in [0.15, 0.2) is 5.82 Å². The highest BCUT2D eigenvalue weighted by Crippen LogP contribution is 2.34. The Labute approximate surface area is 169 Å². The van der Waals surface area contributed by atoms with E-state index in [0.29, 0.717) is 43.4 Å². The lowest BCUT2D eigenvalue weighted by Crippen LogP contribution is -2.62. The summed E-state index contributed by atoms with van der Waals surface area (Å²) in [6.07, 6.45) is 0.762. The van der Waals surface area contributed by atoms with Gasteiger partial charge in [0.1, 0.15) is 11.4 Å². The second-order valence-corrected chi connectivity index (χ2v) is 8.41. The van der Waals surface area contributed by atoms with Crippen molar-refractivity contribution in [2.75, 3.05) is 31.6 Å². The van der Waals surface area contributed by atoms with Crippen LogP contribution in [0.15, 0.2) is 24.3 Å². The lowest BCUT2D eigenvalue weighted by Gasteiger charge is -2.47. The Morgan fingerprint density at radius 2 is 2.10 bits per heavy atom. The predicted octanol–water partition coefficient (Wildman–Crippen LogP) is 2.58. The van der Waals surface area contributed by atoms with Gasteiger partial charge in [-0.25, -0.2) is 13.9 Å². The molecule has 0 saturated carbocycles. The van der Waals surface area contributed by atoms with Crippen molar-refractivity contribution >= 4 is 11.8 Å². The second kappa shape index (κ2) is 7.38. The molecule has 9 heteroatoms. The van der Waals surface area contributed by atoms with Crippen molar-refractivity contribution in [1.29, 1.82) is 0 Å². The molecule has 1 aromatic heterocycles. The molecule has 156 valence electrons. The number of urea groups is 1. The summed E-state index contributed by atoms with van der Waals surface area (Å²) >= 11 is 0. The topological polar surface area (TPSA) is 81.5 Å². The van der Waals surface area contributed by atoms with Gasteiger partial charge in [-0.2, -0.15) is 0 Å². The number of amides is 2. The van der Waals surface area contributed by atoms with Gasteiger partial charge in [-0.05, 0) is 26.8 Å². The third-order valence-corrected chi connectivity index (χ3v) is 5.38. The predicted molar refractivity (Wildman–Crippen MR) is 104 cm³/mol. The van der Waals surface area contributed by atoms with Crippen LogP contribution in [-0.4, -0.2) is 63.4 Å². The molecule has 4 rings (SSSR count). The number of hydrogen-bond donors (Lipinski definition) is 1. The average Bonchev–Trinajstić information content (AvgIpc) is 3.23. The van der Waals surface area contributed by atoms with Gasteiger partial charge in [-0.15, -0.1) is 5.10 Å². The number of morpholine rings is 1. The zero-order valence-corrected chi connectivity index (χ0v) is 16.9. The largest absolute Gasteiger partial charge is 0.378 e. The molecule has 0 bridgehead atoms. The minimum absolute atomic E-state index is 0.242. The molecule has 3 heterocycles. The molecule has 29 heavy (non-hydrogen) atoms. The number of ether oxygens (including phenoxy) is 2. The van der Waals surface area contributed by atoms with Crippen molar-refractivity contribution in [3.05, 3.63) is 41.3 Å². The molecule has 2 aliphatic heterocycles. The van der Waals surface area contributed by atoms with E-state index in [-0.39, 0.29) is 18.4 Å². The molecule has 0 aliphatic carbocycles. The molecule has 1 N–H and O–H groups in total. The quantitative estimate of drug-likeness (QED) is 0.852. The van der Waals surface area contributed by atoms with Crippen LogP contribution in [0.5, 0.6) is 0 Å². The Morgan fingerprint density at radius 3 is 2.83 bits per heavy atom. The van der Waals surface area contributed by atoms with Gasteiger partial charge in [0, 0.05) is 18.6 Å². The molecule has 1 unspecified atom stereocenters. The van der Waals surface area contributed by atoms with Crippen LogP contribution >= 0.6 is 0 Å². The van der Waals surface area contributed by atoms with Gasteiger partial charge in [-0.1, -0.05) is 23.4 Å². The van der Waals surface area contributed by atoms with Crippen LogP contribution < -0.4 is 5.32 Å². The summed E-state index contributed by atoms with van der Waals surface area (Å²) in [7, 11) is 0. The maximum absolute atomic E-state index is 13.9. The Bertz CT molecular complexity index is 907. The van der Waals surface area contributed by atoms with Gasteiger partial charge in [-0.3, -0.25) is 5.32 Å². The Hall–Kier alpha value is -2.52. The molecular weight excluding hydrogens is 377 g/mol. The number of carbonyl (C=O) groups excluding carboxylic acids is 1. The average molecular weight is 403 g/mol. The van der Waals surface area contributed by atoms with Gasteiger partial charge in [0.05, 0.1) is 37.5 Å². The highest BCUT2D eigenvalue weighted by atomic mass is 19.1.